The van der Waals surface area contributed by atoms with Crippen molar-refractivity contribution in [2.75, 3.05) is 26.3 Å². The second kappa shape index (κ2) is 5.58. The molecular formula is C12H12BrFN2O. The Morgan fingerprint density at radius 1 is 1.41 bits per heavy atom. The summed E-state index contributed by atoms with van der Waals surface area (Å²) in [4.78, 5) is 2.04. The van der Waals surface area contributed by atoms with Gasteiger partial charge in [-0.1, -0.05) is 6.07 Å². The molecule has 1 unspecified atom stereocenters. The molecule has 1 aromatic rings. The zero-order valence-electron chi connectivity index (χ0n) is 9.20. The Bertz CT molecular complexity index is 441. The molecule has 1 atom stereocenters. The van der Waals surface area contributed by atoms with Crippen LogP contribution in [-0.4, -0.2) is 31.2 Å². The van der Waals surface area contributed by atoms with Crippen LogP contribution in [0, 0.1) is 17.1 Å². The summed E-state index contributed by atoms with van der Waals surface area (Å²) in [5.74, 6) is -0.313. The van der Waals surface area contributed by atoms with Crippen LogP contribution in [0.4, 0.5) is 4.39 Å². The molecule has 1 aliphatic heterocycles. The van der Waals surface area contributed by atoms with E-state index in [4.69, 9.17) is 4.74 Å². The van der Waals surface area contributed by atoms with Gasteiger partial charge in [-0.2, -0.15) is 5.26 Å². The van der Waals surface area contributed by atoms with Crippen molar-refractivity contribution in [2.24, 2.45) is 0 Å². The third kappa shape index (κ3) is 2.83. The Hall–Kier alpha value is -0.960. The first-order valence-corrected chi connectivity index (χ1v) is 6.18. The molecule has 0 spiro atoms. The maximum absolute atomic E-state index is 13.1. The van der Waals surface area contributed by atoms with Gasteiger partial charge in [0.2, 0.25) is 0 Å². The topological polar surface area (TPSA) is 36.3 Å². The number of hydrogen-bond acceptors (Lipinski definition) is 3. The van der Waals surface area contributed by atoms with Crippen molar-refractivity contribution >= 4 is 15.9 Å². The van der Waals surface area contributed by atoms with Gasteiger partial charge in [0.1, 0.15) is 11.9 Å². The van der Waals surface area contributed by atoms with Crippen LogP contribution in [0.5, 0.6) is 0 Å². The lowest BCUT2D eigenvalue weighted by molar-refractivity contribution is 0.0266. The second-order valence-electron chi connectivity index (χ2n) is 3.85. The Morgan fingerprint density at radius 3 is 2.71 bits per heavy atom. The fourth-order valence-corrected chi connectivity index (χ4v) is 2.28. The van der Waals surface area contributed by atoms with E-state index in [1.807, 2.05) is 4.90 Å². The molecule has 1 aliphatic rings. The first-order chi connectivity index (χ1) is 8.22. The zero-order chi connectivity index (χ0) is 12.3. The summed E-state index contributed by atoms with van der Waals surface area (Å²) in [6.45, 7) is 2.74. The number of nitriles is 1. The lowest BCUT2D eigenvalue weighted by Crippen LogP contribution is -2.38. The predicted molar refractivity (Wildman–Crippen MR) is 64.8 cm³/mol. The van der Waals surface area contributed by atoms with Gasteiger partial charge in [0.05, 0.1) is 23.8 Å². The van der Waals surface area contributed by atoms with Gasteiger partial charge in [-0.05, 0) is 33.6 Å². The lowest BCUT2D eigenvalue weighted by atomic mass is 10.1. The van der Waals surface area contributed by atoms with Crippen LogP contribution >= 0.6 is 15.9 Å². The Balaban J connectivity index is 2.22. The molecule has 0 radical (unpaired) electrons. The van der Waals surface area contributed by atoms with E-state index in [1.54, 1.807) is 12.1 Å². The second-order valence-corrected chi connectivity index (χ2v) is 4.71. The molecule has 17 heavy (non-hydrogen) atoms. The standard InChI is InChI=1S/C12H12BrFN2O/c13-10-7-9(1-2-11(10)14)12(8-15)16-3-5-17-6-4-16/h1-2,7,12H,3-6H2. The van der Waals surface area contributed by atoms with E-state index in [9.17, 15) is 9.65 Å². The van der Waals surface area contributed by atoms with E-state index in [2.05, 4.69) is 22.0 Å². The minimum atomic E-state index is -0.337. The molecule has 3 nitrogen and oxygen atoms in total. The number of rotatable bonds is 2. The van der Waals surface area contributed by atoms with Gasteiger partial charge in [0, 0.05) is 13.1 Å². The SMILES string of the molecule is N#CC(c1ccc(F)c(Br)c1)N1CCOCC1. The molecule has 1 aromatic carbocycles. The van der Waals surface area contributed by atoms with E-state index in [1.165, 1.54) is 6.07 Å². The zero-order valence-corrected chi connectivity index (χ0v) is 10.8. The van der Waals surface area contributed by atoms with E-state index >= 15 is 0 Å². The Kier molecular flexibility index (Phi) is 4.11. The molecule has 1 heterocycles. The Morgan fingerprint density at radius 2 is 2.12 bits per heavy atom. The minimum Gasteiger partial charge on any atom is -0.379 e. The first kappa shape index (κ1) is 12.5. The minimum absolute atomic E-state index is 0.313. The smallest absolute Gasteiger partial charge is 0.137 e. The first-order valence-electron chi connectivity index (χ1n) is 5.38. The van der Waals surface area contributed by atoms with Crippen LogP contribution in [0.3, 0.4) is 0 Å². The number of hydrogen-bond donors (Lipinski definition) is 0. The van der Waals surface area contributed by atoms with Crippen molar-refractivity contribution in [3.63, 3.8) is 0 Å². The van der Waals surface area contributed by atoms with Gasteiger partial charge in [-0.25, -0.2) is 4.39 Å². The van der Waals surface area contributed by atoms with Gasteiger partial charge < -0.3 is 4.74 Å². The van der Waals surface area contributed by atoms with Gasteiger partial charge in [-0.15, -0.1) is 0 Å². The summed E-state index contributed by atoms with van der Waals surface area (Å²) in [7, 11) is 0. The average molecular weight is 299 g/mol. The van der Waals surface area contributed by atoms with Crippen molar-refractivity contribution in [1.82, 2.24) is 4.90 Å². The highest BCUT2D eigenvalue weighted by molar-refractivity contribution is 9.10. The molecular weight excluding hydrogens is 287 g/mol. The molecule has 0 aliphatic carbocycles. The fraction of sp³-hybridized carbons (Fsp3) is 0.417. The van der Waals surface area contributed by atoms with Gasteiger partial charge >= 0.3 is 0 Å². The van der Waals surface area contributed by atoms with Crippen molar-refractivity contribution in [1.29, 1.82) is 5.26 Å². The monoisotopic (exact) mass is 298 g/mol. The highest BCUT2D eigenvalue weighted by Crippen LogP contribution is 2.25. The summed E-state index contributed by atoms with van der Waals surface area (Å²) in [6.07, 6.45) is 0. The largest absolute Gasteiger partial charge is 0.379 e. The van der Waals surface area contributed by atoms with E-state index < -0.39 is 0 Å². The van der Waals surface area contributed by atoms with Crippen LogP contribution in [0.15, 0.2) is 22.7 Å². The van der Waals surface area contributed by atoms with Crippen LogP contribution in [0.1, 0.15) is 11.6 Å². The molecule has 1 saturated heterocycles. The third-order valence-corrected chi connectivity index (χ3v) is 3.40. The van der Waals surface area contributed by atoms with Crippen LogP contribution in [0.25, 0.3) is 0 Å². The van der Waals surface area contributed by atoms with Gasteiger partial charge in [0.15, 0.2) is 0 Å². The van der Waals surface area contributed by atoms with Crippen molar-refractivity contribution in [2.45, 2.75) is 6.04 Å². The molecule has 2 rings (SSSR count). The van der Waals surface area contributed by atoms with E-state index in [-0.39, 0.29) is 11.9 Å². The van der Waals surface area contributed by atoms with E-state index in [0.717, 1.165) is 18.7 Å². The van der Waals surface area contributed by atoms with Crippen LogP contribution in [-0.2, 0) is 4.74 Å². The fourth-order valence-electron chi connectivity index (χ4n) is 1.89. The van der Waals surface area contributed by atoms with Crippen LogP contribution in [0.2, 0.25) is 0 Å². The highest BCUT2D eigenvalue weighted by atomic mass is 79.9. The quantitative estimate of drug-likeness (QED) is 0.842. The number of morpholine rings is 1. The average Bonchev–Trinajstić information content (AvgIpc) is 2.36. The van der Waals surface area contributed by atoms with Gasteiger partial charge in [0.25, 0.3) is 0 Å². The molecule has 0 amide bonds. The predicted octanol–water partition coefficient (Wildman–Crippen LogP) is 2.49. The van der Waals surface area contributed by atoms with Crippen LogP contribution < -0.4 is 0 Å². The summed E-state index contributed by atoms with van der Waals surface area (Å²) in [5, 5.41) is 9.25. The van der Waals surface area contributed by atoms with Crippen molar-refractivity contribution in [3.05, 3.63) is 34.1 Å². The summed E-state index contributed by atoms with van der Waals surface area (Å²) in [6, 6.07) is 6.63. The molecule has 5 heteroatoms. The normalized spacial score (nSPS) is 18.6. The highest BCUT2D eigenvalue weighted by Gasteiger charge is 2.22. The maximum atomic E-state index is 13.1. The van der Waals surface area contributed by atoms with Crippen molar-refractivity contribution in [3.8, 4) is 6.07 Å². The lowest BCUT2D eigenvalue weighted by Gasteiger charge is -2.30. The third-order valence-electron chi connectivity index (χ3n) is 2.79. The molecule has 1 fully saturated rings. The molecule has 90 valence electrons. The Labute approximate surface area is 108 Å². The molecule has 0 N–H and O–H groups in total. The number of nitrogens with zero attached hydrogens (tertiary/aromatic N) is 2. The molecule has 0 aromatic heterocycles. The summed E-state index contributed by atoms with van der Waals surface area (Å²) >= 11 is 3.14. The molecule has 0 bridgehead atoms. The van der Waals surface area contributed by atoms with Crippen molar-refractivity contribution < 1.29 is 9.13 Å². The van der Waals surface area contributed by atoms with Gasteiger partial charge in [-0.3, -0.25) is 4.90 Å². The number of ether oxygens (including phenoxy) is 1. The number of benzene rings is 1. The maximum Gasteiger partial charge on any atom is 0.137 e. The van der Waals surface area contributed by atoms with E-state index in [0.29, 0.717) is 17.7 Å². The number of halogens is 2. The molecule has 0 saturated carbocycles. The summed E-state index contributed by atoms with van der Waals surface area (Å²) < 4.78 is 18.8. The summed E-state index contributed by atoms with van der Waals surface area (Å²) in [5.41, 5.74) is 0.808.